The Labute approximate surface area is 118 Å². The van der Waals surface area contributed by atoms with E-state index in [1.807, 2.05) is 6.92 Å². The lowest BCUT2D eigenvalue weighted by Crippen LogP contribution is -2.00. The second-order valence-corrected chi connectivity index (χ2v) is 6.06. The maximum absolute atomic E-state index is 10.6. The summed E-state index contributed by atoms with van der Waals surface area (Å²) in [6, 6.07) is 6.16. The SMILES string of the molecule is Cc1nnc(SCCOc2cccc([N+](=O)[O-])c2)s1. The minimum atomic E-state index is -0.439. The van der Waals surface area contributed by atoms with Crippen molar-refractivity contribution in [3.8, 4) is 5.75 Å². The summed E-state index contributed by atoms with van der Waals surface area (Å²) in [5, 5.41) is 19.4. The summed E-state index contributed by atoms with van der Waals surface area (Å²) in [7, 11) is 0. The van der Waals surface area contributed by atoms with Crippen molar-refractivity contribution < 1.29 is 9.66 Å². The number of nitro benzene ring substituents is 1. The molecule has 0 amide bonds. The van der Waals surface area contributed by atoms with Crippen LogP contribution in [-0.2, 0) is 0 Å². The van der Waals surface area contributed by atoms with Gasteiger partial charge in [-0.05, 0) is 13.0 Å². The van der Waals surface area contributed by atoms with Crippen LogP contribution in [0.2, 0.25) is 0 Å². The number of benzene rings is 1. The highest BCUT2D eigenvalue weighted by Gasteiger charge is 2.06. The molecule has 2 aromatic rings. The van der Waals surface area contributed by atoms with E-state index in [1.54, 1.807) is 23.9 Å². The van der Waals surface area contributed by atoms with Crippen LogP contribution < -0.4 is 4.74 Å². The van der Waals surface area contributed by atoms with Crippen molar-refractivity contribution in [2.45, 2.75) is 11.3 Å². The predicted octanol–water partition coefficient (Wildman–Crippen LogP) is 2.93. The van der Waals surface area contributed by atoms with Gasteiger partial charge in [-0.2, -0.15) is 0 Å². The van der Waals surface area contributed by atoms with E-state index < -0.39 is 4.92 Å². The molecule has 6 nitrogen and oxygen atoms in total. The Morgan fingerprint density at radius 2 is 2.32 bits per heavy atom. The highest BCUT2D eigenvalue weighted by Crippen LogP contribution is 2.22. The standard InChI is InChI=1S/C11H11N3O3S2/c1-8-12-13-11(19-8)18-6-5-17-10-4-2-3-9(7-10)14(15)16/h2-4,7H,5-6H2,1H3. The van der Waals surface area contributed by atoms with Crippen LogP contribution in [0.1, 0.15) is 5.01 Å². The molecule has 0 aliphatic heterocycles. The molecular formula is C11H11N3O3S2. The first-order chi connectivity index (χ1) is 9.15. The lowest BCUT2D eigenvalue weighted by Gasteiger charge is -2.04. The second-order valence-electron chi connectivity index (χ2n) is 3.54. The fraction of sp³-hybridized carbons (Fsp3) is 0.273. The van der Waals surface area contributed by atoms with E-state index in [0.29, 0.717) is 12.4 Å². The smallest absolute Gasteiger partial charge is 0.273 e. The molecular weight excluding hydrogens is 286 g/mol. The van der Waals surface area contributed by atoms with Crippen molar-refractivity contribution in [2.75, 3.05) is 12.4 Å². The Hall–Kier alpha value is -1.67. The zero-order chi connectivity index (χ0) is 13.7. The van der Waals surface area contributed by atoms with E-state index in [9.17, 15) is 10.1 Å². The van der Waals surface area contributed by atoms with Gasteiger partial charge in [0.05, 0.1) is 17.6 Å². The van der Waals surface area contributed by atoms with E-state index in [0.717, 1.165) is 15.1 Å². The number of aromatic nitrogens is 2. The Balaban J connectivity index is 1.79. The summed E-state index contributed by atoms with van der Waals surface area (Å²) in [5.74, 6) is 1.22. The van der Waals surface area contributed by atoms with Crippen molar-refractivity contribution in [3.05, 3.63) is 39.4 Å². The van der Waals surface area contributed by atoms with Gasteiger partial charge in [-0.1, -0.05) is 29.2 Å². The number of nitro groups is 1. The Bertz CT molecular complexity index is 574. The minimum Gasteiger partial charge on any atom is -0.492 e. The lowest BCUT2D eigenvalue weighted by atomic mass is 10.3. The van der Waals surface area contributed by atoms with Crippen molar-refractivity contribution in [2.24, 2.45) is 0 Å². The number of rotatable bonds is 6. The fourth-order valence-corrected chi connectivity index (χ4v) is 3.02. The molecule has 0 aliphatic rings. The van der Waals surface area contributed by atoms with Crippen LogP contribution >= 0.6 is 23.1 Å². The second kappa shape index (κ2) is 6.48. The summed E-state index contributed by atoms with van der Waals surface area (Å²) in [6.07, 6.45) is 0. The third-order valence-corrected chi connectivity index (χ3v) is 4.05. The van der Waals surface area contributed by atoms with E-state index >= 15 is 0 Å². The number of hydrogen-bond donors (Lipinski definition) is 0. The topological polar surface area (TPSA) is 78.2 Å². The quantitative estimate of drug-likeness (QED) is 0.353. The van der Waals surface area contributed by atoms with Crippen LogP contribution in [0.3, 0.4) is 0 Å². The van der Waals surface area contributed by atoms with Crippen LogP contribution in [0.15, 0.2) is 28.6 Å². The first-order valence-electron chi connectivity index (χ1n) is 5.45. The molecule has 1 heterocycles. The highest BCUT2D eigenvalue weighted by molar-refractivity contribution is 8.01. The maximum Gasteiger partial charge on any atom is 0.273 e. The van der Waals surface area contributed by atoms with Crippen molar-refractivity contribution >= 4 is 28.8 Å². The van der Waals surface area contributed by atoms with Gasteiger partial charge in [0.1, 0.15) is 10.8 Å². The highest BCUT2D eigenvalue weighted by atomic mass is 32.2. The molecule has 1 aromatic carbocycles. The minimum absolute atomic E-state index is 0.0323. The number of thioether (sulfide) groups is 1. The third-order valence-electron chi connectivity index (χ3n) is 2.11. The molecule has 0 N–H and O–H groups in total. The molecule has 0 unspecified atom stereocenters. The van der Waals surface area contributed by atoms with Gasteiger partial charge in [-0.3, -0.25) is 10.1 Å². The fourth-order valence-electron chi connectivity index (χ4n) is 1.31. The third kappa shape index (κ3) is 4.18. The molecule has 0 atom stereocenters. The number of non-ortho nitro benzene ring substituents is 1. The molecule has 100 valence electrons. The Kier molecular flexibility index (Phi) is 4.69. The molecule has 19 heavy (non-hydrogen) atoms. The summed E-state index contributed by atoms with van der Waals surface area (Å²) in [4.78, 5) is 10.2. The Morgan fingerprint density at radius 1 is 1.47 bits per heavy atom. The number of hydrogen-bond acceptors (Lipinski definition) is 7. The normalized spacial score (nSPS) is 10.4. The van der Waals surface area contributed by atoms with E-state index in [2.05, 4.69) is 10.2 Å². The molecule has 0 bridgehead atoms. The molecule has 0 aliphatic carbocycles. The monoisotopic (exact) mass is 297 g/mol. The van der Waals surface area contributed by atoms with Gasteiger partial charge in [0.2, 0.25) is 0 Å². The number of nitrogens with zero attached hydrogens (tertiary/aromatic N) is 3. The molecule has 0 fully saturated rings. The van der Waals surface area contributed by atoms with Gasteiger partial charge in [-0.25, -0.2) is 0 Å². The Morgan fingerprint density at radius 3 is 3.00 bits per heavy atom. The van der Waals surface area contributed by atoms with Gasteiger partial charge in [0, 0.05) is 11.8 Å². The van der Waals surface area contributed by atoms with E-state index in [1.165, 1.54) is 23.5 Å². The van der Waals surface area contributed by atoms with Crippen LogP contribution in [0.25, 0.3) is 0 Å². The molecule has 0 saturated carbocycles. The number of aryl methyl sites for hydroxylation is 1. The zero-order valence-electron chi connectivity index (χ0n) is 10.1. The van der Waals surface area contributed by atoms with E-state index in [4.69, 9.17) is 4.74 Å². The van der Waals surface area contributed by atoms with E-state index in [-0.39, 0.29) is 5.69 Å². The summed E-state index contributed by atoms with van der Waals surface area (Å²) < 4.78 is 6.36. The van der Waals surface area contributed by atoms with Crippen molar-refractivity contribution in [1.29, 1.82) is 0 Å². The number of ether oxygens (including phenoxy) is 1. The molecule has 0 spiro atoms. The molecule has 0 saturated heterocycles. The van der Waals surface area contributed by atoms with Gasteiger partial charge in [0.25, 0.3) is 5.69 Å². The largest absolute Gasteiger partial charge is 0.492 e. The van der Waals surface area contributed by atoms with Gasteiger partial charge < -0.3 is 4.74 Å². The van der Waals surface area contributed by atoms with Gasteiger partial charge in [-0.15, -0.1) is 10.2 Å². The van der Waals surface area contributed by atoms with Crippen molar-refractivity contribution in [1.82, 2.24) is 10.2 Å². The molecule has 1 aromatic heterocycles. The summed E-state index contributed by atoms with van der Waals surface area (Å²) in [5.41, 5.74) is 0.0323. The van der Waals surface area contributed by atoms with Crippen LogP contribution in [0.5, 0.6) is 5.75 Å². The molecule has 0 radical (unpaired) electrons. The maximum atomic E-state index is 10.6. The lowest BCUT2D eigenvalue weighted by molar-refractivity contribution is -0.384. The first kappa shape index (κ1) is 13.8. The zero-order valence-corrected chi connectivity index (χ0v) is 11.7. The summed E-state index contributed by atoms with van der Waals surface area (Å²) in [6.45, 7) is 2.37. The van der Waals surface area contributed by atoms with Crippen molar-refractivity contribution in [3.63, 3.8) is 0 Å². The van der Waals surface area contributed by atoms with Crippen LogP contribution in [-0.4, -0.2) is 27.5 Å². The van der Waals surface area contributed by atoms with Crippen LogP contribution in [0.4, 0.5) is 5.69 Å². The summed E-state index contributed by atoms with van der Waals surface area (Å²) >= 11 is 3.09. The predicted molar refractivity (Wildman–Crippen MR) is 74.0 cm³/mol. The average molecular weight is 297 g/mol. The average Bonchev–Trinajstić information content (AvgIpc) is 2.81. The molecule has 8 heteroatoms. The molecule has 2 rings (SSSR count). The van der Waals surface area contributed by atoms with Gasteiger partial charge in [0.15, 0.2) is 4.34 Å². The van der Waals surface area contributed by atoms with Crippen LogP contribution in [0, 0.1) is 17.0 Å². The first-order valence-corrected chi connectivity index (χ1v) is 7.25. The van der Waals surface area contributed by atoms with Gasteiger partial charge >= 0.3 is 0 Å².